The number of rotatable bonds is 6. The summed E-state index contributed by atoms with van der Waals surface area (Å²) in [6.07, 6.45) is 0.914. The number of aliphatic hydroxyl groups is 1. The molecule has 0 aliphatic rings. The van der Waals surface area contributed by atoms with Crippen molar-refractivity contribution >= 4 is 11.7 Å². The first-order chi connectivity index (χ1) is 11.6. The fraction of sp³-hybridized carbons (Fsp3) is 0.278. The van der Waals surface area contributed by atoms with Crippen LogP contribution in [0.3, 0.4) is 0 Å². The average molecular weight is 332 g/mol. The Hall–Kier alpha value is -2.60. The van der Waals surface area contributed by atoms with E-state index in [1.807, 2.05) is 24.3 Å². The summed E-state index contributed by atoms with van der Waals surface area (Å²) in [6, 6.07) is 10.4. The molecule has 128 valence electrons. The third-order valence-electron chi connectivity index (χ3n) is 3.69. The van der Waals surface area contributed by atoms with E-state index < -0.39 is 17.9 Å². The van der Waals surface area contributed by atoms with Gasteiger partial charge in [0.1, 0.15) is 11.6 Å². The number of aryl methyl sites for hydroxylation is 1. The van der Waals surface area contributed by atoms with Crippen LogP contribution in [0.4, 0.5) is 14.9 Å². The van der Waals surface area contributed by atoms with E-state index in [4.69, 9.17) is 4.74 Å². The van der Waals surface area contributed by atoms with Gasteiger partial charge in [0.15, 0.2) is 0 Å². The first-order valence-electron chi connectivity index (χ1n) is 7.68. The number of methoxy groups -OCH3 is 1. The predicted octanol–water partition coefficient (Wildman–Crippen LogP) is 3.25. The minimum absolute atomic E-state index is 0.216. The summed E-state index contributed by atoms with van der Waals surface area (Å²) in [4.78, 5) is 12.1. The molecule has 0 aliphatic carbocycles. The number of carbonyl (C=O) groups is 1. The normalized spacial score (nSPS) is 11.7. The van der Waals surface area contributed by atoms with Gasteiger partial charge in [-0.15, -0.1) is 0 Å². The number of ether oxygens (including phenoxy) is 1. The van der Waals surface area contributed by atoms with Gasteiger partial charge >= 0.3 is 6.03 Å². The van der Waals surface area contributed by atoms with Gasteiger partial charge in [-0.05, 0) is 29.7 Å². The smallest absolute Gasteiger partial charge is 0.319 e. The van der Waals surface area contributed by atoms with E-state index in [2.05, 4.69) is 17.6 Å². The van der Waals surface area contributed by atoms with Crippen LogP contribution in [0.15, 0.2) is 42.5 Å². The van der Waals surface area contributed by atoms with Crippen LogP contribution in [0.1, 0.15) is 24.1 Å². The quantitative estimate of drug-likeness (QED) is 0.760. The highest BCUT2D eigenvalue weighted by atomic mass is 19.1. The Balaban J connectivity index is 2.07. The molecule has 0 fully saturated rings. The van der Waals surface area contributed by atoms with Crippen molar-refractivity contribution in [3.05, 3.63) is 59.4 Å². The summed E-state index contributed by atoms with van der Waals surface area (Å²) in [5, 5.41) is 14.7. The van der Waals surface area contributed by atoms with Gasteiger partial charge in [0, 0.05) is 6.07 Å². The first kappa shape index (κ1) is 17.7. The molecule has 24 heavy (non-hydrogen) atoms. The maximum Gasteiger partial charge on any atom is 0.319 e. The maximum atomic E-state index is 13.3. The molecule has 0 saturated heterocycles. The maximum absolute atomic E-state index is 13.3. The zero-order valence-electron chi connectivity index (χ0n) is 13.7. The zero-order chi connectivity index (χ0) is 17.5. The van der Waals surface area contributed by atoms with Gasteiger partial charge < -0.3 is 20.5 Å². The standard InChI is InChI=1S/C18H21FN2O3/c1-3-12-4-6-13(7-5-12)16(11-22)21-18(23)20-15-10-14(19)8-9-17(15)24-2/h4-10,16,22H,3,11H2,1-2H3,(H2,20,21,23). The topological polar surface area (TPSA) is 70.6 Å². The van der Waals surface area contributed by atoms with E-state index in [-0.39, 0.29) is 12.3 Å². The monoisotopic (exact) mass is 332 g/mol. The van der Waals surface area contributed by atoms with Crippen LogP contribution >= 0.6 is 0 Å². The Morgan fingerprint density at radius 1 is 1.25 bits per heavy atom. The molecular weight excluding hydrogens is 311 g/mol. The minimum atomic E-state index is -0.560. The van der Waals surface area contributed by atoms with Crippen LogP contribution in [-0.4, -0.2) is 24.9 Å². The van der Waals surface area contributed by atoms with Gasteiger partial charge in [-0.25, -0.2) is 9.18 Å². The van der Waals surface area contributed by atoms with Crippen LogP contribution in [0.5, 0.6) is 5.75 Å². The summed E-state index contributed by atoms with van der Waals surface area (Å²) in [5.41, 5.74) is 2.17. The second-order valence-corrected chi connectivity index (χ2v) is 5.27. The van der Waals surface area contributed by atoms with Crippen molar-refractivity contribution in [3.8, 4) is 5.75 Å². The molecule has 0 aliphatic heterocycles. The van der Waals surface area contributed by atoms with Gasteiger partial charge in [-0.2, -0.15) is 0 Å². The van der Waals surface area contributed by atoms with E-state index >= 15 is 0 Å². The summed E-state index contributed by atoms with van der Waals surface area (Å²) < 4.78 is 18.4. The number of benzene rings is 2. The predicted molar refractivity (Wildman–Crippen MR) is 90.8 cm³/mol. The number of amides is 2. The minimum Gasteiger partial charge on any atom is -0.495 e. The van der Waals surface area contributed by atoms with Crippen molar-refractivity contribution in [2.45, 2.75) is 19.4 Å². The number of aliphatic hydroxyl groups excluding tert-OH is 1. The molecule has 2 amide bonds. The molecule has 0 saturated carbocycles. The van der Waals surface area contributed by atoms with Crippen LogP contribution < -0.4 is 15.4 Å². The Kier molecular flexibility index (Phi) is 6.14. The van der Waals surface area contributed by atoms with E-state index in [0.717, 1.165) is 12.0 Å². The summed E-state index contributed by atoms with van der Waals surface area (Å²) in [7, 11) is 1.43. The molecule has 6 heteroatoms. The van der Waals surface area contributed by atoms with Crippen LogP contribution in [0.25, 0.3) is 0 Å². The molecule has 1 unspecified atom stereocenters. The number of carbonyl (C=O) groups excluding carboxylic acids is 1. The fourth-order valence-corrected chi connectivity index (χ4v) is 2.31. The summed E-state index contributed by atoms with van der Waals surface area (Å²) in [6.45, 7) is 1.80. The summed E-state index contributed by atoms with van der Waals surface area (Å²) in [5.74, 6) is -0.139. The third-order valence-corrected chi connectivity index (χ3v) is 3.69. The van der Waals surface area contributed by atoms with E-state index in [1.165, 1.54) is 30.9 Å². The molecule has 0 bridgehead atoms. The van der Waals surface area contributed by atoms with Crippen LogP contribution in [-0.2, 0) is 6.42 Å². The van der Waals surface area contributed by atoms with E-state index in [0.29, 0.717) is 5.75 Å². The van der Waals surface area contributed by atoms with E-state index in [1.54, 1.807) is 0 Å². The Labute approximate surface area is 140 Å². The highest BCUT2D eigenvalue weighted by Gasteiger charge is 2.15. The fourth-order valence-electron chi connectivity index (χ4n) is 2.31. The van der Waals surface area contributed by atoms with Gasteiger partial charge in [-0.1, -0.05) is 31.2 Å². The highest BCUT2D eigenvalue weighted by molar-refractivity contribution is 5.91. The van der Waals surface area contributed by atoms with Crippen molar-refractivity contribution in [2.75, 3.05) is 19.0 Å². The second-order valence-electron chi connectivity index (χ2n) is 5.27. The highest BCUT2D eigenvalue weighted by Crippen LogP contribution is 2.25. The van der Waals surface area contributed by atoms with E-state index in [9.17, 15) is 14.3 Å². The Morgan fingerprint density at radius 2 is 1.96 bits per heavy atom. The van der Waals surface area contributed by atoms with Crippen LogP contribution in [0, 0.1) is 5.82 Å². The lowest BCUT2D eigenvalue weighted by Crippen LogP contribution is -2.34. The third kappa shape index (κ3) is 4.45. The van der Waals surface area contributed by atoms with Crippen LogP contribution in [0.2, 0.25) is 0 Å². The number of hydrogen-bond acceptors (Lipinski definition) is 3. The Morgan fingerprint density at radius 3 is 2.54 bits per heavy atom. The molecule has 2 rings (SSSR count). The molecule has 0 radical (unpaired) electrons. The lowest BCUT2D eigenvalue weighted by molar-refractivity contribution is 0.225. The number of anilines is 1. The Bertz CT molecular complexity index is 689. The largest absolute Gasteiger partial charge is 0.495 e. The number of halogens is 1. The SMILES string of the molecule is CCc1ccc(C(CO)NC(=O)Nc2cc(F)ccc2OC)cc1. The number of urea groups is 1. The van der Waals surface area contributed by atoms with Gasteiger partial charge in [0.25, 0.3) is 0 Å². The van der Waals surface area contributed by atoms with Crippen molar-refractivity contribution < 1.29 is 19.0 Å². The van der Waals surface area contributed by atoms with Gasteiger partial charge in [-0.3, -0.25) is 0 Å². The van der Waals surface area contributed by atoms with Gasteiger partial charge in [0.05, 0.1) is 25.4 Å². The molecule has 3 N–H and O–H groups in total. The zero-order valence-corrected chi connectivity index (χ0v) is 13.7. The van der Waals surface area contributed by atoms with Crippen molar-refractivity contribution in [1.82, 2.24) is 5.32 Å². The van der Waals surface area contributed by atoms with Crippen molar-refractivity contribution in [3.63, 3.8) is 0 Å². The molecule has 5 nitrogen and oxygen atoms in total. The van der Waals surface area contributed by atoms with Crippen molar-refractivity contribution in [1.29, 1.82) is 0 Å². The molecule has 1 atom stereocenters. The first-order valence-corrected chi connectivity index (χ1v) is 7.68. The summed E-state index contributed by atoms with van der Waals surface area (Å²) >= 11 is 0. The average Bonchev–Trinajstić information content (AvgIpc) is 2.60. The number of nitrogens with one attached hydrogen (secondary N) is 2. The molecule has 2 aromatic carbocycles. The molecular formula is C18H21FN2O3. The lowest BCUT2D eigenvalue weighted by Gasteiger charge is -2.18. The molecule has 0 spiro atoms. The molecule has 0 heterocycles. The lowest BCUT2D eigenvalue weighted by atomic mass is 10.0. The van der Waals surface area contributed by atoms with Crippen molar-refractivity contribution in [2.24, 2.45) is 0 Å². The number of hydrogen-bond donors (Lipinski definition) is 3. The van der Waals surface area contributed by atoms with Gasteiger partial charge in [0.2, 0.25) is 0 Å². The molecule has 2 aromatic rings. The molecule has 0 aromatic heterocycles. The second kappa shape index (κ2) is 8.31.